The Morgan fingerprint density at radius 1 is 1.00 bits per heavy atom. The largest absolute Gasteiger partial charge is 0.497 e. The van der Waals surface area contributed by atoms with Gasteiger partial charge in [0.1, 0.15) is 17.6 Å². The molecule has 0 amide bonds. The highest BCUT2D eigenvalue weighted by atomic mass is 32.2. The van der Waals surface area contributed by atoms with Crippen molar-refractivity contribution >= 4 is 26.5 Å². The Labute approximate surface area is 164 Å². The van der Waals surface area contributed by atoms with Crippen LogP contribution < -0.4 is 19.5 Å². The molecule has 1 unspecified atom stereocenters. The minimum Gasteiger partial charge on any atom is -0.497 e. The molecule has 28 heavy (non-hydrogen) atoms. The molecule has 3 aromatic carbocycles. The molecular formula is C21H22N2O4S. The maximum absolute atomic E-state index is 12.8. The standard InChI is InChI=1S/C21H22N2O4S/c1-26-15-6-8-17(9-7-15)28(24,25)23-20-10-11-21(27-16-12-13-22-14-16)19-5-3-2-4-18(19)20/h2-11,16,22-23H,12-14H2,1H3. The van der Waals surface area contributed by atoms with Crippen molar-refractivity contribution in [3.05, 3.63) is 60.7 Å². The van der Waals surface area contributed by atoms with Crippen LogP contribution in [0.2, 0.25) is 0 Å². The van der Waals surface area contributed by atoms with Crippen molar-refractivity contribution in [3.8, 4) is 11.5 Å². The average Bonchev–Trinajstić information content (AvgIpc) is 3.23. The summed E-state index contributed by atoms with van der Waals surface area (Å²) in [4.78, 5) is 0.176. The molecule has 0 aliphatic carbocycles. The Kier molecular flexibility index (Phi) is 5.11. The van der Waals surface area contributed by atoms with E-state index in [1.54, 1.807) is 25.3 Å². The van der Waals surface area contributed by atoms with Crippen LogP contribution in [-0.4, -0.2) is 34.7 Å². The Morgan fingerprint density at radius 3 is 2.43 bits per heavy atom. The number of methoxy groups -OCH3 is 1. The molecule has 1 fully saturated rings. The molecule has 1 saturated heterocycles. The van der Waals surface area contributed by atoms with Gasteiger partial charge in [0, 0.05) is 17.3 Å². The van der Waals surface area contributed by atoms with E-state index < -0.39 is 10.0 Å². The summed E-state index contributed by atoms with van der Waals surface area (Å²) in [7, 11) is -2.18. The third-order valence-electron chi connectivity index (χ3n) is 4.81. The third kappa shape index (κ3) is 3.76. The van der Waals surface area contributed by atoms with Crippen molar-refractivity contribution in [2.24, 2.45) is 0 Å². The monoisotopic (exact) mass is 398 g/mol. The van der Waals surface area contributed by atoms with Gasteiger partial charge in [-0.05, 0) is 49.4 Å². The molecule has 4 rings (SSSR count). The van der Waals surface area contributed by atoms with E-state index in [1.807, 2.05) is 30.3 Å². The summed E-state index contributed by atoms with van der Waals surface area (Å²) < 4.78 is 39.6. The molecule has 6 nitrogen and oxygen atoms in total. The van der Waals surface area contributed by atoms with E-state index in [0.29, 0.717) is 11.4 Å². The molecule has 1 aliphatic heterocycles. The van der Waals surface area contributed by atoms with Crippen molar-refractivity contribution in [3.63, 3.8) is 0 Å². The van der Waals surface area contributed by atoms with Crippen molar-refractivity contribution in [2.45, 2.75) is 17.4 Å². The minimum atomic E-state index is -3.72. The first-order valence-corrected chi connectivity index (χ1v) is 10.6. The highest BCUT2D eigenvalue weighted by Crippen LogP contribution is 2.34. The molecule has 0 aromatic heterocycles. The molecule has 0 saturated carbocycles. The lowest BCUT2D eigenvalue weighted by molar-refractivity contribution is 0.226. The highest BCUT2D eigenvalue weighted by molar-refractivity contribution is 7.92. The maximum Gasteiger partial charge on any atom is 0.261 e. The lowest BCUT2D eigenvalue weighted by atomic mass is 10.1. The summed E-state index contributed by atoms with van der Waals surface area (Å²) in [5.41, 5.74) is 0.517. The smallest absolute Gasteiger partial charge is 0.261 e. The zero-order valence-corrected chi connectivity index (χ0v) is 16.3. The van der Waals surface area contributed by atoms with Crippen LogP contribution >= 0.6 is 0 Å². The van der Waals surface area contributed by atoms with Gasteiger partial charge in [-0.2, -0.15) is 0 Å². The van der Waals surface area contributed by atoms with Gasteiger partial charge in [-0.3, -0.25) is 4.72 Å². The molecule has 2 N–H and O–H groups in total. The van der Waals surface area contributed by atoms with Crippen LogP contribution in [0, 0.1) is 0 Å². The first-order valence-electron chi connectivity index (χ1n) is 9.13. The Hall–Kier alpha value is -2.77. The number of hydrogen-bond donors (Lipinski definition) is 2. The summed E-state index contributed by atoms with van der Waals surface area (Å²) in [5, 5.41) is 4.96. The fourth-order valence-electron chi connectivity index (χ4n) is 3.33. The lowest BCUT2D eigenvalue weighted by Crippen LogP contribution is -2.19. The molecule has 1 aliphatic rings. The number of sulfonamides is 1. The topological polar surface area (TPSA) is 76.7 Å². The Balaban J connectivity index is 1.66. The van der Waals surface area contributed by atoms with E-state index in [-0.39, 0.29) is 11.0 Å². The SMILES string of the molecule is COc1ccc(S(=O)(=O)Nc2ccc(OC3CCNC3)c3ccccc23)cc1. The van der Waals surface area contributed by atoms with Gasteiger partial charge in [0.2, 0.25) is 0 Å². The van der Waals surface area contributed by atoms with Gasteiger partial charge in [-0.1, -0.05) is 24.3 Å². The number of ether oxygens (including phenoxy) is 2. The fourth-order valence-corrected chi connectivity index (χ4v) is 4.41. The van der Waals surface area contributed by atoms with Gasteiger partial charge in [0.15, 0.2) is 0 Å². The molecule has 1 heterocycles. The van der Waals surface area contributed by atoms with Crippen molar-refractivity contribution < 1.29 is 17.9 Å². The number of rotatable bonds is 6. The van der Waals surface area contributed by atoms with Gasteiger partial charge >= 0.3 is 0 Å². The zero-order chi connectivity index (χ0) is 19.6. The first kappa shape index (κ1) is 18.6. The maximum atomic E-state index is 12.8. The molecule has 146 valence electrons. The summed E-state index contributed by atoms with van der Waals surface area (Å²) >= 11 is 0. The minimum absolute atomic E-state index is 0.130. The van der Waals surface area contributed by atoms with Crippen LogP contribution in [0.5, 0.6) is 11.5 Å². The van der Waals surface area contributed by atoms with Crippen molar-refractivity contribution in [1.82, 2.24) is 5.32 Å². The van der Waals surface area contributed by atoms with Gasteiger partial charge < -0.3 is 14.8 Å². The Morgan fingerprint density at radius 2 is 1.75 bits per heavy atom. The summed E-state index contributed by atoms with van der Waals surface area (Å²) in [5.74, 6) is 1.36. The van der Waals surface area contributed by atoms with E-state index in [0.717, 1.165) is 36.0 Å². The third-order valence-corrected chi connectivity index (χ3v) is 6.19. The van der Waals surface area contributed by atoms with E-state index in [2.05, 4.69) is 10.0 Å². The second-order valence-corrected chi connectivity index (χ2v) is 8.35. The number of fused-ring (bicyclic) bond motifs is 1. The lowest BCUT2D eigenvalue weighted by Gasteiger charge is -2.17. The second-order valence-electron chi connectivity index (χ2n) is 6.67. The number of benzene rings is 3. The van der Waals surface area contributed by atoms with Crippen LogP contribution in [-0.2, 0) is 10.0 Å². The van der Waals surface area contributed by atoms with Gasteiger partial charge in [-0.15, -0.1) is 0 Å². The fraction of sp³-hybridized carbons (Fsp3) is 0.238. The summed E-state index contributed by atoms with van der Waals surface area (Å²) in [6.45, 7) is 1.77. The first-order chi connectivity index (χ1) is 13.6. The van der Waals surface area contributed by atoms with E-state index >= 15 is 0 Å². The number of anilines is 1. The molecule has 0 spiro atoms. The molecule has 1 atom stereocenters. The highest BCUT2D eigenvalue weighted by Gasteiger charge is 2.19. The van der Waals surface area contributed by atoms with E-state index in [1.165, 1.54) is 12.1 Å². The normalized spacial score (nSPS) is 16.8. The second kappa shape index (κ2) is 7.69. The number of nitrogens with one attached hydrogen (secondary N) is 2. The molecule has 7 heteroatoms. The molecule has 3 aromatic rings. The van der Waals surface area contributed by atoms with Gasteiger partial charge in [0.05, 0.1) is 17.7 Å². The van der Waals surface area contributed by atoms with Gasteiger partial charge in [0.25, 0.3) is 10.0 Å². The van der Waals surface area contributed by atoms with E-state index in [4.69, 9.17) is 9.47 Å². The summed E-state index contributed by atoms with van der Waals surface area (Å²) in [6.07, 6.45) is 1.09. The van der Waals surface area contributed by atoms with Crippen molar-refractivity contribution in [1.29, 1.82) is 0 Å². The number of hydrogen-bond acceptors (Lipinski definition) is 5. The van der Waals surface area contributed by atoms with Crippen LogP contribution in [0.25, 0.3) is 10.8 Å². The van der Waals surface area contributed by atoms with Crippen LogP contribution in [0.15, 0.2) is 65.6 Å². The summed E-state index contributed by atoms with van der Waals surface area (Å²) in [6, 6.07) is 17.5. The predicted octanol–water partition coefficient (Wildman–Crippen LogP) is 3.39. The molecule has 0 bridgehead atoms. The quantitative estimate of drug-likeness (QED) is 0.666. The zero-order valence-electron chi connectivity index (χ0n) is 15.5. The molecular weight excluding hydrogens is 376 g/mol. The van der Waals surface area contributed by atoms with Crippen LogP contribution in [0.3, 0.4) is 0 Å². The van der Waals surface area contributed by atoms with Crippen LogP contribution in [0.4, 0.5) is 5.69 Å². The van der Waals surface area contributed by atoms with Crippen molar-refractivity contribution in [2.75, 3.05) is 24.9 Å². The Bertz CT molecular complexity index is 1080. The predicted molar refractivity (Wildman–Crippen MR) is 110 cm³/mol. The van der Waals surface area contributed by atoms with Crippen LogP contribution in [0.1, 0.15) is 6.42 Å². The van der Waals surface area contributed by atoms with E-state index in [9.17, 15) is 8.42 Å². The average molecular weight is 398 g/mol. The van der Waals surface area contributed by atoms with Gasteiger partial charge in [-0.25, -0.2) is 8.42 Å². The molecule has 0 radical (unpaired) electrons.